The van der Waals surface area contributed by atoms with Gasteiger partial charge in [0, 0.05) is 23.6 Å². The highest BCUT2D eigenvalue weighted by Crippen LogP contribution is 2.20. The number of carbonyl (C=O) groups excluding carboxylic acids is 1. The summed E-state index contributed by atoms with van der Waals surface area (Å²) in [6.45, 7) is 0.911. The minimum absolute atomic E-state index is 0.0232. The maximum absolute atomic E-state index is 12.7. The van der Waals surface area contributed by atoms with E-state index in [2.05, 4.69) is 20.9 Å². The Labute approximate surface area is 153 Å². The molecule has 4 rings (SSSR count). The predicted molar refractivity (Wildman–Crippen MR) is 98.4 cm³/mol. The molecule has 25 heavy (non-hydrogen) atoms. The van der Waals surface area contributed by atoms with Crippen LogP contribution in [0.3, 0.4) is 0 Å². The topological polar surface area (TPSA) is 54.7 Å². The van der Waals surface area contributed by atoms with E-state index in [1.54, 1.807) is 21.6 Å². The SMILES string of the molecule is O=C(Cc1ccccc1Br)N1CCc2nc3ccccn3c(=O)c2C1. The number of carbonyl (C=O) groups is 1. The molecule has 0 unspecified atom stereocenters. The second kappa shape index (κ2) is 6.44. The van der Waals surface area contributed by atoms with Crippen LogP contribution < -0.4 is 5.56 Å². The Morgan fingerprint density at radius 1 is 1.16 bits per heavy atom. The highest BCUT2D eigenvalue weighted by atomic mass is 79.9. The van der Waals surface area contributed by atoms with Crippen LogP contribution in [0.15, 0.2) is 57.9 Å². The maximum atomic E-state index is 12.7. The Hall–Kier alpha value is -2.47. The Kier molecular flexibility index (Phi) is 4.13. The molecular weight excluding hydrogens is 382 g/mol. The molecule has 0 spiro atoms. The van der Waals surface area contributed by atoms with Gasteiger partial charge in [-0.25, -0.2) is 4.98 Å². The van der Waals surface area contributed by atoms with Gasteiger partial charge in [-0.05, 0) is 23.8 Å². The molecule has 0 fully saturated rings. The summed E-state index contributed by atoms with van der Waals surface area (Å²) in [5, 5.41) is 0. The van der Waals surface area contributed by atoms with E-state index in [0.29, 0.717) is 37.1 Å². The third-order valence-electron chi connectivity index (χ3n) is 4.53. The molecule has 5 nitrogen and oxygen atoms in total. The van der Waals surface area contributed by atoms with E-state index in [0.717, 1.165) is 15.7 Å². The van der Waals surface area contributed by atoms with Crippen molar-refractivity contribution in [2.24, 2.45) is 0 Å². The first kappa shape index (κ1) is 16.0. The first-order chi connectivity index (χ1) is 12.1. The fourth-order valence-electron chi connectivity index (χ4n) is 3.18. The van der Waals surface area contributed by atoms with Crippen LogP contribution in [-0.4, -0.2) is 26.7 Å². The standard InChI is InChI=1S/C19H16BrN3O2/c20-15-6-2-1-5-13(15)11-18(24)22-10-8-16-14(12-22)19(25)23-9-4-3-7-17(23)21-16/h1-7,9H,8,10-12H2. The summed E-state index contributed by atoms with van der Waals surface area (Å²) in [7, 11) is 0. The van der Waals surface area contributed by atoms with E-state index in [4.69, 9.17) is 0 Å². The first-order valence-electron chi connectivity index (χ1n) is 8.14. The van der Waals surface area contributed by atoms with Gasteiger partial charge < -0.3 is 4.90 Å². The normalized spacial score (nSPS) is 13.7. The molecule has 0 aliphatic carbocycles. The average Bonchev–Trinajstić information content (AvgIpc) is 2.63. The molecule has 1 aliphatic rings. The minimum atomic E-state index is -0.0843. The van der Waals surface area contributed by atoms with Crippen molar-refractivity contribution in [3.63, 3.8) is 0 Å². The maximum Gasteiger partial charge on any atom is 0.263 e. The summed E-state index contributed by atoms with van der Waals surface area (Å²) in [4.78, 5) is 31.7. The quantitative estimate of drug-likeness (QED) is 0.667. The molecule has 0 saturated heterocycles. The van der Waals surface area contributed by atoms with Crippen LogP contribution in [0.4, 0.5) is 0 Å². The van der Waals surface area contributed by atoms with Crippen LogP contribution in [0.5, 0.6) is 0 Å². The third kappa shape index (κ3) is 2.98. The summed E-state index contributed by atoms with van der Waals surface area (Å²) in [6, 6.07) is 13.2. The predicted octanol–water partition coefficient (Wildman–Crippen LogP) is 2.58. The molecule has 0 bridgehead atoms. The molecule has 1 amide bonds. The van der Waals surface area contributed by atoms with Crippen molar-refractivity contribution in [3.8, 4) is 0 Å². The molecule has 6 heteroatoms. The van der Waals surface area contributed by atoms with Crippen LogP contribution in [0, 0.1) is 0 Å². The van der Waals surface area contributed by atoms with Gasteiger partial charge in [-0.3, -0.25) is 14.0 Å². The first-order valence-corrected chi connectivity index (χ1v) is 8.93. The molecule has 1 aromatic carbocycles. The van der Waals surface area contributed by atoms with Crippen LogP contribution in [0.1, 0.15) is 16.8 Å². The van der Waals surface area contributed by atoms with Gasteiger partial charge in [-0.15, -0.1) is 0 Å². The van der Waals surface area contributed by atoms with Gasteiger partial charge in [0.2, 0.25) is 5.91 Å². The molecule has 0 N–H and O–H groups in total. The average molecular weight is 398 g/mol. The van der Waals surface area contributed by atoms with E-state index >= 15 is 0 Å². The molecular formula is C19H16BrN3O2. The van der Waals surface area contributed by atoms with Gasteiger partial charge in [-0.2, -0.15) is 0 Å². The lowest BCUT2D eigenvalue weighted by Gasteiger charge is -2.28. The van der Waals surface area contributed by atoms with Crippen molar-refractivity contribution >= 4 is 27.5 Å². The second-order valence-corrected chi connectivity index (χ2v) is 6.96. The zero-order valence-corrected chi connectivity index (χ0v) is 15.1. The smallest absolute Gasteiger partial charge is 0.263 e. The largest absolute Gasteiger partial charge is 0.337 e. The van der Waals surface area contributed by atoms with Crippen molar-refractivity contribution in [3.05, 3.63) is 80.3 Å². The van der Waals surface area contributed by atoms with Gasteiger partial charge in [-0.1, -0.05) is 40.2 Å². The number of nitrogens with zero attached hydrogens (tertiary/aromatic N) is 3. The zero-order valence-electron chi connectivity index (χ0n) is 13.5. The monoisotopic (exact) mass is 397 g/mol. The van der Waals surface area contributed by atoms with Crippen molar-refractivity contribution in [1.82, 2.24) is 14.3 Å². The molecule has 2 aromatic heterocycles. The number of fused-ring (bicyclic) bond motifs is 2. The number of hydrogen-bond donors (Lipinski definition) is 0. The lowest BCUT2D eigenvalue weighted by molar-refractivity contribution is -0.131. The fourth-order valence-corrected chi connectivity index (χ4v) is 3.60. The van der Waals surface area contributed by atoms with Gasteiger partial charge in [0.1, 0.15) is 5.65 Å². The molecule has 0 saturated carbocycles. The number of aromatic nitrogens is 2. The number of hydrogen-bond acceptors (Lipinski definition) is 3. The lowest BCUT2D eigenvalue weighted by atomic mass is 10.1. The molecule has 0 atom stereocenters. The third-order valence-corrected chi connectivity index (χ3v) is 5.31. The van der Waals surface area contributed by atoms with Crippen LogP contribution in [-0.2, 0) is 24.2 Å². The number of benzene rings is 1. The van der Waals surface area contributed by atoms with E-state index < -0.39 is 0 Å². The van der Waals surface area contributed by atoms with Crippen molar-refractivity contribution in [2.45, 2.75) is 19.4 Å². The molecule has 3 heterocycles. The summed E-state index contributed by atoms with van der Waals surface area (Å²) in [6.07, 6.45) is 2.64. The van der Waals surface area contributed by atoms with Gasteiger partial charge in [0.05, 0.1) is 24.2 Å². The van der Waals surface area contributed by atoms with Crippen LogP contribution in [0.25, 0.3) is 5.65 Å². The Bertz CT molecular complexity index is 1030. The van der Waals surface area contributed by atoms with Crippen LogP contribution >= 0.6 is 15.9 Å². The Balaban J connectivity index is 1.62. The summed E-state index contributed by atoms with van der Waals surface area (Å²) >= 11 is 3.48. The van der Waals surface area contributed by atoms with E-state index in [1.165, 1.54) is 0 Å². The summed E-state index contributed by atoms with van der Waals surface area (Å²) in [5.74, 6) is 0.0232. The van der Waals surface area contributed by atoms with Crippen molar-refractivity contribution < 1.29 is 4.79 Å². The van der Waals surface area contributed by atoms with Gasteiger partial charge in [0.25, 0.3) is 5.56 Å². The number of rotatable bonds is 2. The zero-order chi connectivity index (χ0) is 17.4. The number of pyridine rings is 1. The molecule has 126 valence electrons. The van der Waals surface area contributed by atoms with E-state index in [-0.39, 0.29) is 11.5 Å². The highest BCUT2D eigenvalue weighted by Gasteiger charge is 2.25. The summed E-state index contributed by atoms with van der Waals surface area (Å²) < 4.78 is 2.47. The van der Waals surface area contributed by atoms with Crippen molar-refractivity contribution in [1.29, 1.82) is 0 Å². The van der Waals surface area contributed by atoms with Gasteiger partial charge >= 0.3 is 0 Å². The molecule has 3 aromatic rings. The number of halogens is 1. The van der Waals surface area contributed by atoms with Crippen molar-refractivity contribution in [2.75, 3.05) is 6.54 Å². The Morgan fingerprint density at radius 2 is 1.96 bits per heavy atom. The van der Waals surface area contributed by atoms with Gasteiger partial charge in [0.15, 0.2) is 0 Å². The number of amides is 1. The molecule has 0 radical (unpaired) electrons. The lowest BCUT2D eigenvalue weighted by Crippen LogP contribution is -2.40. The fraction of sp³-hybridized carbons (Fsp3) is 0.211. The van der Waals surface area contributed by atoms with Crippen LogP contribution in [0.2, 0.25) is 0 Å². The minimum Gasteiger partial charge on any atom is -0.337 e. The Morgan fingerprint density at radius 3 is 2.80 bits per heavy atom. The van der Waals surface area contributed by atoms with E-state index in [1.807, 2.05) is 36.4 Å². The summed E-state index contributed by atoms with van der Waals surface area (Å²) in [5.41, 5.74) is 2.95. The molecule has 1 aliphatic heterocycles. The van der Waals surface area contributed by atoms with E-state index in [9.17, 15) is 9.59 Å². The highest BCUT2D eigenvalue weighted by molar-refractivity contribution is 9.10. The second-order valence-electron chi connectivity index (χ2n) is 6.10.